The van der Waals surface area contributed by atoms with E-state index in [0.29, 0.717) is 5.92 Å². The molecule has 0 spiro atoms. The highest BCUT2D eigenvalue weighted by Crippen LogP contribution is 2.34. The minimum absolute atomic E-state index is 0.551. The summed E-state index contributed by atoms with van der Waals surface area (Å²) in [6.07, 6.45) is 1.66. The van der Waals surface area contributed by atoms with E-state index in [1.54, 1.807) is 0 Å². The molecule has 0 atom stereocenters. The highest BCUT2D eigenvalue weighted by atomic mass is 127. The molecule has 1 aromatic carbocycles. The summed E-state index contributed by atoms with van der Waals surface area (Å²) >= 11 is 2.33. The average molecular weight is 345 g/mol. The molecule has 17 heavy (non-hydrogen) atoms. The average Bonchev–Trinajstić information content (AvgIpc) is 2.33. The van der Waals surface area contributed by atoms with Crippen molar-refractivity contribution in [2.24, 2.45) is 0 Å². The minimum atomic E-state index is -0.614. The molecule has 1 aliphatic heterocycles. The molecule has 2 rings (SSSR count). The summed E-state index contributed by atoms with van der Waals surface area (Å²) in [6, 6.07) is 8.49. The molecular weight excluding hydrogens is 325 g/mol. The van der Waals surface area contributed by atoms with E-state index in [-0.39, 0.29) is 0 Å². The Bertz CT molecular complexity index is 366. The molecule has 1 aliphatic rings. The lowest BCUT2D eigenvalue weighted by atomic mass is 9.84. The van der Waals surface area contributed by atoms with E-state index < -0.39 is 5.60 Å². The lowest BCUT2D eigenvalue weighted by Crippen LogP contribution is -2.38. The highest BCUT2D eigenvalue weighted by Gasteiger charge is 2.33. The number of nitrogens with zero attached hydrogens (tertiary/aromatic N) is 1. The van der Waals surface area contributed by atoms with Crippen molar-refractivity contribution >= 4 is 22.9 Å². The fourth-order valence-electron chi connectivity index (χ4n) is 2.32. The number of benzene rings is 1. The van der Waals surface area contributed by atoms with Gasteiger partial charge < -0.3 is 5.11 Å². The van der Waals surface area contributed by atoms with Gasteiger partial charge in [-0.15, -0.1) is 0 Å². The van der Waals surface area contributed by atoms with E-state index in [4.69, 9.17) is 0 Å². The Morgan fingerprint density at radius 3 is 2.18 bits per heavy atom. The molecule has 1 saturated heterocycles. The van der Waals surface area contributed by atoms with E-state index in [0.717, 1.165) is 31.5 Å². The van der Waals surface area contributed by atoms with Gasteiger partial charge in [0.1, 0.15) is 0 Å². The molecular formula is C14H20INO. The van der Waals surface area contributed by atoms with E-state index in [1.807, 2.05) is 0 Å². The summed E-state index contributed by atoms with van der Waals surface area (Å²) in [6.45, 7) is 6.31. The first-order chi connectivity index (χ1) is 8.01. The van der Waals surface area contributed by atoms with Gasteiger partial charge in [0.15, 0.2) is 0 Å². The first-order valence-corrected chi connectivity index (χ1v) is 7.21. The van der Waals surface area contributed by atoms with Crippen LogP contribution in [0.25, 0.3) is 0 Å². The van der Waals surface area contributed by atoms with Crippen LogP contribution in [0, 0.1) is 0 Å². The Morgan fingerprint density at radius 1 is 1.18 bits per heavy atom. The number of rotatable bonds is 2. The molecule has 2 nitrogen and oxygen atoms in total. The zero-order chi connectivity index (χ0) is 12.5. The van der Waals surface area contributed by atoms with Crippen LogP contribution >= 0.6 is 22.9 Å². The number of halogens is 1. The van der Waals surface area contributed by atoms with Gasteiger partial charge in [-0.1, -0.05) is 38.1 Å². The second-order valence-corrected chi connectivity index (χ2v) is 6.58. The summed E-state index contributed by atoms with van der Waals surface area (Å²) in [5.74, 6) is 0.551. The number of piperidine rings is 1. The monoisotopic (exact) mass is 345 g/mol. The first-order valence-electron chi connectivity index (χ1n) is 6.25. The SMILES string of the molecule is CC(C)c1ccc(C2(O)CCN(I)CC2)cc1. The van der Waals surface area contributed by atoms with Crippen molar-refractivity contribution in [1.82, 2.24) is 3.11 Å². The van der Waals surface area contributed by atoms with Crippen LogP contribution in [0.15, 0.2) is 24.3 Å². The lowest BCUT2D eigenvalue weighted by Gasteiger charge is -2.36. The Labute approximate surface area is 118 Å². The zero-order valence-corrected chi connectivity index (χ0v) is 12.6. The van der Waals surface area contributed by atoms with Gasteiger partial charge in [0, 0.05) is 36.0 Å². The lowest BCUT2D eigenvalue weighted by molar-refractivity contribution is -0.00526. The predicted molar refractivity (Wildman–Crippen MR) is 79.3 cm³/mol. The van der Waals surface area contributed by atoms with Crippen molar-refractivity contribution in [1.29, 1.82) is 0 Å². The van der Waals surface area contributed by atoms with Gasteiger partial charge in [-0.3, -0.25) is 0 Å². The third kappa shape index (κ3) is 3.01. The molecule has 1 heterocycles. The normalized spacial score (nSPS) is 20.8. The van der Waals surface area contributed by atoms with Crippen molar-refractivity contribution in [3.05, 3.63) is 35.4 Å². The van der Waals surface area contributed by atoms with E-state index >= 15 is 0 Å². The smallest absolute Gasteiger partial charge is 0.0921 e. The summed E-state index contributed by atoms with van der Waals surface area (Å²) < 4.78 is 2.24. The number of hydrogen-bond donors (Lipinski definition) is 1. The molecule has 1 fully saturated rings. The first kappa shape index (κ1) is 13.3. The van der Waals surface area contributed by atoms with Gasteiger partial charge in [-0.05, 0) is 29.9 Å². The van der Waals surface area contributed by atoms with E-state index in [2.05, 4.69) is 64.1 Å². The van der Waals surface area contributed by atoms with Crippen LogP contribution in [-0.4, -0.2) is 21.3 Å². The van der Waals surface area contributed by atoms with Gasteiger partial charge >= 0.3 is 0 Å². The fraction of sp³-hybridized carbons (Fsp3) is 0.571. The van der Waals surface area contributed by atoms with Crippen LogP contribution in [0.5, 0.6) is 0 Å². The molecule has 0 radical (unpaired) electrons. The molecule has 3 heteroatoms. The topological polar surface area (TPSA) is 23.5 Å². The third-order valence-corrected chi connectivity index (χ3v) is 4.62. The van der Waals surface area contributed by atoms with Gasteiger partial charge in [-0.2, -0.15) is 0 Å². The molecule has 0 aromatic heterocycles. The molecule has 0 unspecified atom stereocenters. The standard InChI is InChI=1S/C14H20INO/c1-11(2)12-3-5-13(6-4-12)14(17)7-9-16(15)10-8-14/h3-6,11,17H,7-10H2,1-2H3. The summed E-state index contributed by atoms with van der Waals surface area (Å²) in [4.78, 5) is 0. The number of aliphatic hydroxyl groups is 1. The molecule has 0 aliphatic carbocycles. The van der Waals surface area contributed by atoms with Crippen molar-refractivity contribution in [3.8, 4) is 0 Å². The second kappa shape index (κ2) is 5.24. The Morgan fingerprint density at radius 2 is 1.71 bits per heavy atom. The fourth-order valence-corrected chi connectivity index (χ4v) is 2.80. The molecule has 1 N–H and O–H groups in total. The maximum absolute atomic E-state index is 10.7. The van der Waals surface area contributed by atoms with Crippen LogP contribution in [0.1, 0.15) is 43.7 Å². The van der Waals surface area contributed by atoms with Crippen LogP contribution in [0.4, 0.5) is 0 Å². The summed E-state index contributed by atoms with van der Waals surface area (Å²) in [5, 5.41) is 10.7. The van der Waals surface area contributed by atoms with Gasteiger partial charge in [-0.25, -0.2) is 3.11 Å². The third-order valence-electron chi connectivity index (χ3n) is 3.65. The van der Waals surface area contributed by atoms with Crippen LogP contribution < -0.4 is 0 Å². The van der Waals surface area contributed by atoms with Gasteiger partial charge in [0.2, 0.25) is 0 Å². The Balaban J connectivity index is 2.16. The highest BCUT2D eigenvalue weighted by molar-refractivity contribution is 14.1. The van der Waals surface area contributed by atoms with Crippen molar-refractivity contribution in [2.45, 2.75) is 38.2 Å². The zero-order valence-electron chi connectivity index (χ0n) is 10.5. The maximum atomic E-state index is 10.7. The number of hydrogen-bond acceptors (Lipinski definition) is 2. The molecule has 0 amide bonds. The van der Waals surface area contributed by atoms with Gasteiger partial charge in [0.05, 0.1) is 5.60 Å². The van der Waals surface area contributed by atoms with Crippen LogP contribution in [0.2, 0.25) is 0 Å². The van der Waals surface area contributed by atoms with Crippen LogP contribution in [-0.2, 0) is 5.60 Å². The molecule has 94 valence electrons. The second-order valence-electron chi connectivity index (χ2n) is 5.22. The molecule has 0 bridgehead atoms. The quantitative estimate of drug-likeness (QED) is 0.656. The predicted octanol–water partition coefficient (Wildman–Crippen LogP) is 3.44. The van der Waals surface area contributed by atoms with E-state index in [1.165, 1.54) is 5.56 Å². The van der Waals surface area contributed by atoms with E-state index in [9.17, 15) is 5.11 Å². The van der Waals surface area contributed by atoms with Crippen molar-refractivity contribution in [3.63, 3.8) is 0 Å². The van der Waals surface area contributed by atoms with Crippen molar-refractivity contribution < 1.29 is 5.11 Å². The minimum Gasteiger partial charge on any atom is -0.385 e. The molecule has 0 saturated carbocycles. The Kier molecular flexibility index (Phi) is 4.10. The Hall–Kier alpha value is -0.130. The van der Waals surface area contributed by atoms with Gasteiger partial charge in [0.25, 0.3) is 0 Å². The molecule has 1 aromatic rings. The maximum Gasteiger partial charge on any atom is 0.0921 e. The summed E-state index contributed by atoms with van der Waals surface area (Å²) in [7, 11) is 0. The van der Waals surface area contributed by atoms with Crippen LogP contribution in [0.3, 0.4) is 0 Å². The largest absolute Gasteiger partial charge is 0.385 e. The summed E-state index contributed by atoms with van der Waals surface area (Å²) in [5.41, 5.74) is 1.80. The van der Waals surface area contributed by atoms with Crippen molar-refractivity contribution in [2.75, 3.05) is 13.1 Å².